The third-order valence-corrected chi connectivity index (χ3v) is 29.8. The predicted molar refractivity (Wildman–Crippen MR) is 549 cm³/mol. The van der Waals surface area contributed by atoms with Gasteiger partial charge in [0.05, 0.1) is 0 Å². The average Bonchev–Trinajstić information content (AvgIpc) is 1.56. The molecule has 644 valence electrons. The topological polar surface area (TPSA) is 13.0 Å². The summed E-state index contributed by atoms with van der Waals surface area (Å²) in [6, 6.07) is 139. The van der Waals surface area contributed by atoms with E-state index in [1.807, 2.05) is 0 Å². The zero-order valence-corrected chi connectivity index (χ0v) is 76.4. The summed E-state index contributed by atoms with van der Waals surface area (Å²) in [6.07, 6.45) is 28.2. The minimum atomic E-state index is -0.165. The van der Waals surface area contributed by atoms with Crippen LogP contribution in [0.1, 0.15) is 188 Å². The van der Waals surface area contributed by atoms with E-state index in [0.29, 0.717) is 0 Å². The number of aryl methyl sites for hydroxylation is 16. The average molecular weight is 1690 g/mol. The number of hydrogen-bond donors (Lipinski definition) is 0. The summed E-state index contributed by atoms with van der Waals surface area (Å²) in [5.74, 6) is 0. The molecule has 0 radical (unpaired) electrons. The van der Waals surface area contributed by atoms with E-state index in [4.69, 9.17) is 0 Å². The third kappa shape index (κ3) is 17.1. The van der Waals surface area contributed by atoms with Gasteiger partial charge < -0.3 is 19.6 Å². The van der Waals surface area contributed by atoms with E-state index in [1.165, 1.54) is 234 Å². The van der Waals surface area contributed by atoms with E-state index in [9.17, 15) is 0 Å². The summed E-state index contributed by atoms with van der Waals surface area (Å²) in [5, 5.41) is 0. The molecule has 0 saturated heterocycles. The largest absolute Gasteiger partial charge is 0.310 e. The molecule has 0 aliphatic heterocycles. The highest BCUT2D eigenvalue weighted by atomic mass is 15.2. The molecule has 16 aromatic rings. The second-order valence-electron chi connectivity index (χ2n) is 38.4. The highest BCUT2D eigenvalue weighted by Gasteiger charge is 2.46. The van der Waals surface area contributed by atoms with Crippen molar-refractivity contribution in [2.24, 2.45) is 0 Å². The van der Waals surface area contributed by atoms with Gasteiger partial charge in [-0.2, -0.15) is 0 Å². The van der Waals surface area contributed by atoms with Crippen LogP contribution < -0.4 is 19.6 Å². The zero-order valence-electron chi connectivity index (χ0n) is 76.4. The van der Waals surface area contributed by atoms with Gasteiger partial charge in [0.2, 0.25) is 0 Å². The van der Waals surface area contributed by atoms with Crippen molar-refractivity contribution in [2.75, 3.05) is 19.6 Å². The quantitative estimate of drug-likeness (QED) is 0.0390. The van der Waals surface area contributed by atoms with Gasteiger partial charge in [0.15, 0.2) is 0 Å². The molecular formula is C126H120N4. The Morgan fingerprint density at radius 3 is 0.585 bits per heavy atom. The van der Waals surface area contributed by atoms with Gasteiger partial charge in [-0.3, -0.25) is 0 Å². The van der Waals surface area contributed by atoms with Gasteiger partial charge in [-0.05, 0) is 435 Å². The molecule has 4 nitrogen and oxygen atoms in total. The summed E-state index contributed by atoms with van der Waals surface area (Å²) in [5.41, 5.74) is 49.0. The standard InChI is InChI=1S/2C63H60N2/c2*1-45-15-13-23-55(39-45)64(53-19-5-3-6-20-53)57-33-35-59-60-36-34-58(65(54-21-7-4-8-22-54)56-24-14-16-46(2)40-56)44-62(60)63(61(59)43-57,37-11-9-17-47-25-27-49-29-31-51(49)41-47)38-12-10-18-48-26-28-50-30-32-52(50)42-48/h2*3-8,13-16,19-28,33-36,39-44H,9-12,17-18,29-32,37-38H2,1-2H3. The lowest BCUT2D eigenvalue weighted by molar-refractivity contribution is 0.407. The number of nitrogens with zero attached hydrogens (tertiary/aromatic N) is 4. The maximum Gasteiger partial charge on any atom is 0.0465 e. The number of hydrogen-bond acceptors (Lipinski definition) is 4. The van der Waals surface area contributed by atoms with Crippen LogP contribution in [0, 0.1) is 27.7 Å². The van der Waals surface area contributed by atoms with E-state index < -0.39 is 0 Å². The molecule has 130 heavy (non-hydrogen) atoms. The van der Waals surface area contributed by atoms with Crippen molar-refractivity contribution in [3.63, 3.8) is 0 Å². The van der Waals surface area contributed by atoms with E-state index >= 15 is 0 Å². The molecule has 0 unspecified atom stereocenters. The van der Waals surface area contributed by atoms with E-state index in [-0.39, 0.29) is 10.8 Å². The minimum Gasteiger partial charge on any atom is -0.310 e. The number of anilines is 12. The van der Waals surface area contributed by atoms with Gasteiger partial charge in [-0.25, -0.2) is 0 Å². The summed E-state index contributed by atoms with van der Waals surface area (Å²) in [6.45, 7) is 8.80. The molecule has 0 amide bonds. The van der Waals surface area contributed by atoms with Crippen molar-refractivity contribution in [3.05, 3.63) is 475 Å². The third-order valence-electron chi connectivity index (χ3n) is 29.8. The van der Waals surface area contributed by atoms with Crippen molar-refractivity contribution < 1.29 is 0 Å². The SMILES string of the molecule is Cc1cccc(N(c2ccccc2)c2ccc3c(c2)C(CCCCc2ccc4c(c2)CC4)(CCCCc2ccc4c(c2)CC4)c2cc(N(c4ccccc4)c4cccc(C)c4)ccc2-3)c1.Cc1cccc(N(c2ccccc2)c2ccc3c(c2)C(CCCCc2ccc4c(c2)CC4)(CCCCc2ccc4c(c2)CC4)c2cc(N(c4ccccc4)c4cccc(C)c4)ccc2-3)c1. The first-order valence-corrected chi connectivity index (χ1v) is 48.7. The van der Waals surface area contributed by atoms with Crippen LogP contribution in [0.3, 0.4) is 0 Å². The van der Waals surface area contributed by atoms with Crippen molar-refractivity contribution in [3.8, 4) is 22.3 Å². The number of fused-ring (bicyclic) bond motifs is 10. The highest BCUT2D eigenvalue weighted by Crippen LogP contribution is 2.60. The van der Waals surface area contributed by atoms with Gasteiger partial charge in [0, 0.05) is 79.1 Å². The van der Waals surface area contributed by atoms with Gasteiger partial charge >= 0.3 is 0 Å². The molecule has 16 aromatic carbocycles. The molecule has 0 aromatic heterocycles. The molecule has 4 heteroatoms. The predicted octanol–water partition coefficient (Wildman–Crippen LogP) is 33.1. The Morgan fingerprint density at radius 1 is 0.177 bits per heavy atom. The van der Waals surface area contributed by atoms with Crippen LogP contribution in [-0.2, 0) is 87.9 Å². The Bertz CT molecular complexity index is 5960. The lowest BCUT2D eigenvalue weighted by Gasteiger charge is -2.35. The summed E-state index contributed by atoms with van der Waals surface area (Å²) in [4.78, 5) is 9.88. The van der Waals surface area contributed by atoms with Gasteiger partial charge in [-0.1, -0.05) is 244 Å². The molecule has 0 saturated carbocycles. The van der Waals surface area contributed by atoms with Crippen molar-refractivity contribution in [1.82, 2.24) is 0 Å². The van der Waals surface area contributed by atoms with Crippen LogP contribution >= 0.6 is 0 Å². The first-order valence-electron chi connectivity index (χ1n) is 48.7. The molecule has 6 aliphatic rings. The van der Waals surface area contributed by atoms with Crippen LogP contribution in [0.2, 0.25) is 0 Å². The Morgan fingerprint density at radius 2 is 0.385 bits per heavy atom. The molecule has 0 atom stereocenters. The lowest BCUT2D eigenvalue weighted by atomic mass is 9.70. The summed E-state index contributed by atoms with van der Waals surface area (Å²) < 4.78 is 0. The normalized spacial score (nSPS) is 13.8. The molecule has 0 bridgehead atoms. The van der Waals surface area contributed by atoms with E-state index in [1.54, 1.807) is 44.5 Å². The van der Waals surface area contributed by atoms with Crippen LogP contribution in [0.5, 0.6) is 0 Å². The maximum absolute atomic E-state index is 2.59. The second kappa shape index (κ2) is 37.1. The van der Waals surface area contributed by atoms with Gasteiger partial charge in [0.1, 0.15) is 0 Å². The number of benzene rings is 16. The monoisotopic (exact) mass is 1690 g/mol. The fourth-order valence-electron chi connectivity index (χ4n) is 22.6. The smallest absolute Gasteiger partial charge is 0.0465 e. The van der Waals surface area contributed by atoms with Gasteiger partial charge in [0.25, 0.3) is 0 Å². The summed E-state index contributed by atoms with van der Waals surface area (Å²) in [7, 11) is 0. The Hall–Kier alpha value is -13.3. The molecule has 22 rings (SSSR count). The summed E-state index contributed by atoms with van der Waals surface area (Å²) >= 11 is 0. The Kier molecular flexibility index (Phi) is 23.8. The molecule has 6 aliphatic carbocycles. The molecule has 0 fully saturated rings. The molecular weight excluding hydrogens is 1570 g/mol. The van der Waals surface area contributed by atoms with E-state index in [0.717, 1.165) is 77.0 Å². The first kappa shape index (κ1) is 83.6. The molecule has 0 N–H and O–H groups in total. The number of rotatable bonds is 32. The highest BCUT2D eigenvalue weighted by molar-refractivity contribution is 5.91. The molecule has 0 spiro atoms. The Labute approximate surface area is 772 Å². The van der Waals surface area contributed by atoms with Crippen molar-refractivity contribution >= 4 is 68.2 Å². The fourth-order valence-corrected chi connectivity index (χ4v) is 22.6. The van der Waals surface area contributed by atoms with Crippen molar-refractivity contribution in [2.45, 2.75) is 193 Å². The second-order valence-corrected chi connectivity index (χ2v) is 38.4. The minimum absolute atomic E-state index is 0.165. The molecule has 0 heterocycles. The Balaban J connectivity index is 0.000000157. The fraction of sp³-hybridized carbons (Fsp3) is 0.238. The number of unbranched alkanes of at least 4 members (excludes halogenated alkanes) is 4. The van der Waals surface area contributed by atoms with Crippen LogP contribution in [0.4, 0.5) is 68.2 Å². The van der Waals surface area contributed by atoms with E-state index in [2.05, 4.69) is 411 Å². The zero-order chi connectivity index (χ0) is 87.5. The van der Waals surface area contributed by atoms with Crippen molar-refractivity contribution in [1.29, 1.82) is 0 Å². The lowest BCUT2D eigenvalue weighted by Crippen LogP contribution is -2.26. The first-order chi connectivity index (χ1) is 64.0. The van der Waals surface area contributed by atoms with Crippen LogP contribution in [0.25, 0.3) is 22.3 Å². The number of para-hydroxylation sites is 4. The van der Waals surface area contributed by atoms with Crippen LogP contribution in [-0.4, -0.2) is 0 Å². The maximum atomic E-state index is 2.59. The van der Waals surface area contributed by atoms with Gasteiger partial charge in [-0.15, -0.1) is 0 Å². The van der Waals surface area contributed by atoms with Crippen LogP contribution in [0.15, 0.2) is 364 Å².